The van der Waals surface area contributed by atoms with Crippen molar-refractivity contribution in [2.75, 3.05) is 46.2 Å². The molecule has 0 unspecified atom stereocenters. The molecule has 0 heterocycles. The third kappa shape index (κ3) is 21.3. The highest BCUT2D eigenvalue weighted by Gasteiger charge is 2.24. The van der Waals surface area contributed by atoms with Gasteiger partial charge in [0, 0.05) is 25.4 Å². The highest BCUT2D eigenvalue weighted by atomic mass is 16.5. The van der Waals surface area contributed by atoms with Gasteiger partial charge >= 0.3 is 11.9 Å². The van der Waals surface area contributed by atoms with Gasteiger partial charge in [0.05, 0.1) is 33.0 Å². The summed E-state index contributed by atoms with van der Waals surface area (Å²) >= 11 is 0. The van der Waals surface area contributed by atoms with Crippen LogP contribution in [0.2, 0.25) is 0 Å². The summed E-state index contributed by atoms with van der Waals surface area (Å²) < 4.78 is 34.3. The van der Waals surface area contributed by atoms with Gasteiger partial charge in [0.25, 0.3) is 0 Å². The van der Waals surface area contributed by atoms with Crippen LogP contribution in [0.1, 0.15) is 163 Å². The fraction of sp³-hybridized carbons (Fsp3) is 0.478. The summed E-state index contributed by atoms with van der Waals surface area (Å²) in [7, 11) is 0. The van der Waals surface area contributed by atoms with Gasteiger partial charge in [0.1, 0.15) is 17.2 Å². The molecular weight excluding hydrogens is 957 g/mol. The largest absolute Gasteiger partial charge is 0.494 e. The van der Waals surface area contributed by atoms with Crippen molar-refractivity contribution in [2.45, 2.75) is 153 Å². The predicted molar refractivity (Wildman–Crippen MR) is 313 cm³/mol. The van der Waals surface area contributed by atoms with E-state index in [0.717, 1.165) is 126 Å². The Morgan fingerprint density at radius 3 is 1.12 bits per heavy atom. The van der Waals surface area contributed by atoms with Gasteiger partial charge in [-0.25, -0.2) is 9.59 Å². The minimum Gasteiger partial charge on any atom is -0.494 e. The van der Waals surface area contributed by atoms with Gasteiger partial charge in [-0.2, -0.15) is 0 Å². The maximum Gasteiger partial charge on any atom is 0.330 e. The molecule has 2 saturated carbocycles. The van der Waals surface area contributed by atoms with Gasteiger partial charge < -0.3 is 28.4 Å². The van der Waals surface area contributed by atoms with Crippen molar-refractivity contribution >= 4 is 11.9 Å². The number of ether oxygens (including phenoxy) is 6. The van der Waals surface area contributed by atoms with Crippen LogP contribution in [0.4, 0.5) is 0 Å². The first-order valence-electron chi connectivity index (χ1n) is 29.5. The van der Waals surface area contributed by atoms with Crippen molar-refractivity contribution < 1.29 is 38.0 Å². The normalized spacial score (nSPS) is 17.2. The van der Waals surface area contributed by atoms with Crippen LogP contribution >= 0.6 is 0 Å². The van der Waals surface area contributed by atoms with Crippen molar-refractivity contribution in [3.8, 4) is 39.5 Å². The van der Waals surface area contributed by atoms with E-state index in [4.69, 9.17) is 28.4 Å². The van der Waals surface area contributed by atoms with Crippen LogP contribution in [0.15, 0.2) is 147 Å². The number of aryl methyl sites for hydroxylation is 1. The van der Waals surface area contributed by atoms with E-state index in [2.05, 4.69) is 134 Å². The predicted octanol–water partition coefficient (Wildman–Crippen LogP) is 17.2. The van der Waals surface area contributed by atoms with Gasteiger partial charge in [-0.3, -0.25) is 0 Å². The Bertz CT molecular complexity index is 2430. The maximum absolute atomic E-state index is 11.1. The lowest BCUT2D eigenvalue weighted by Crippen LogP contribution is -2.14. The third-order valence-corrected chi connectivity index (χ3v) is 15.9. The molecule has 0 spiro atoms. The second kappa shape index (κ2) is 33.9. The number of rotatable bonds is 35. The molecule has 5 aromatic carbocycles. The third-order valence-electron chi connectivity index (χ3n) is 15.9. The van der Waals surface area contributed by atoms with Crippen LogP contribution in [0.5, 0.6) is 17.2 Å². The number of esters is 2. The number of unbranched alkanes of at least 4 members (excludes halogenated alkanes) is 6. The highest BCUT2D eigenvalue weighted by molar-refractivity contribution is 5.81. The molecule has 0 bridgehead atoms. The minimum absolute atomic E-state index is 0.353. The molecule has 0 saturated heterocycles. The minimum atomic E-state index is -0.353. The van der Waals surface area contributed by atoms with E-state index in [0.29, 0.717) is 38.3 Å². The summed E-state index contributed by atoms with van der Waals surface area (Å²) in [6, 6.07) is 44.1. The Hall–Kier alpha value is -6.12. The van der Waals surface area contributed by atoms with E-state index >= 15 is 0 Å². The first-order chi connectivity index (χ1) is 37.9. The molecular formula is C69H88O8. The number of carbonyl (C=O) groups excluding carboxylic acids is 2. The maximum atomic E-state index is 11.1. The van der Waals surface area contributed by atoms with E-state index in [1.54, 1.807) is 0 Å². The fourth-order valence-corrected chi connectivity index (χ4v) is 11.2. The zero-order chi connectivity index (χ0) is 53.5. The van der Waals surface area contributed by atoms with E-state index in [-0.39, 0.29) is 11.9 Å². The van der Waals surface area contributed by atoms with Gasteiger partial charge in [-0.1, -0.05) is 98.1 Å². The van der Waals surface area contributed by atoms with Gasteiger partial charge in [0.15, 0.2) is 0 Å². The summed E-state index contributed by atoms with van der Waals surface area (Å²) in [5.74, 6) is 5.01. The number of hydrogen-bond acceptors (Lipinski definition) is 8. The second-order valence-electron chi connectivity index (χ2n) is 21.5. The van der Waals surface area contributed by atoms with Crippen molar-refractivity contribution in [2.24, 2.45) is 11.8 Å². The molecule has 8 nitrogen and oxygen atoms in total. The van der Waals surface area contributed by atoms with Crippen LogP contribution in [0.25, 0.3) is 22.3 Å². The first-order valence-corrected chi connectivity index (χ1v) is 29.5. The molecule has 0 atom stereocenters. The summed E-state index contributed by atoms with van der Waals surface area (Å²) in [4.78, 5) is 22.2. The first kappa shape index (κ1) is 58.6. The van der Waals surface area contributed by atoms with Crippen LogP contribution in [-0.4, -0.2) is 58.2 Å². The Labute approximate surface area is 462 Å². The van der Waals surface area contributed by atoms with Crippen molar-refractivity contribution in [1.29, 1.82) is 0 Å². The molecule has 412 valence electrons. The molecule has 2 aliphatic rings. The van der Waals surface area contributed by atoms with E-state index < -0.39 is 0 Å². The van der Waals surface area contributed by atoms with Crippen LogP contribution in [0, 0.1) is 11.8 Å². The van der Waals surface area contributed by atoms with Gasteiger partial charge in [-0.15, -0.1) is 0 Å². The molecule has 7 rings (SSSR count). The summed E-state index contributed by atoms with van der Waals surface area (Å²) in [6.45, 7) is 11.6. The molecule has 0 aromatic heterocycles. The molecule has 0 amide bonds. The quantitative estimate of drug-likeness (QED) is 0.0225. The number of carbonyl (C=O) groups is 2. The summed E-state index contributed by atoms with van der Waals surface area (Å²) in [5, 5.41) is 0. The fourth-order valence-electron chi connectivity index (χ4n) is 11.2. The van der Waals surface area contributed by atoms with Crippen LogP contribution in [-0.2, 0) is 30.2 Å². The van der Waals surface area contributed by atoms with E-state index in [9.17, 15) is 9.59 Å². The lowest BCUT2D eigenvalue weighted by atomic mass is 9.77. The van der Waals surface area contributed by atoms with Crippen LogP contribution < -0.4 is 14.2 Å². The molecule has 77 heavy (non-hydrogen) atoms. The van der Waals surface area contributed by atoms with Crippen LogP contribution in [0.3, 0.4) is 0 Å². The second-order valence-corrected chi connectivity index (χ2v) is 21.5. The van der Waals surface area contributed by atoms with Crippen molar-refractivity contribution in [3.05, 3.63) is 163 Å². The van der Waals surface area contributed by atoms with E-state index in [1.165, 1.54) is 115 Å². The molecule has 0 aliphatic heterocycles. The van der Waals surface area contributed by atoms with Gasteiger partial charge in [-0.05, 0) is 240 Å². The Balaban J connectivity index is 0.660. The number of benzene rings is 5. The van der Waals surface area contributed by atoms with Crippen molar-refractivity contribution in [3.63, 3.8) is 0 Å². The zero-order valence-electron chi connectivity index (χ0n) is 46.2. The molecule has 8 heteroatoms. The average Bonchev–Trinajstić information content (AvgIpc) is 3.48. The lowest BCUT2D eigenvalue weighted by molar-refractivity contribution is -0.138. The average molecular weight is 1050 g/mol. The van der Waals surface area contributed by atoms with E-state index in [1.807, 2.05) is 0 Å². The van der Waals surface area contributed by atoms with Crippen molar-refractivity contribution in [1.82, 2.24) is 0 Å². The monoisotopic (exact) mass is 1040 g/mol. The molecule has 5 aromatic rings. The zero-order valence-corrected chi connectivity index (χ0v) is 46.2. The SMILES string of the molecule is C=CC(=O)OCCCCCCOc1ccc(-c2ccc(C3CCC(CCCOCCCc4ccc(OCCCC5CCC(c6ccc(-c7ccc(OCCCCCCOC(=O)C=C)cc7)cc6)CC5)cc4)CC3)cc2)cc1. The molecule has 2 fully saturated rings. The summed E-state index contributed by atoms with van der Waals surface area (Å²) in [5.41, 5.74) is 9.21. The Morgan fingerprint density at radius 2 is 0.714 bits per heavy atom. The number of hydrogen-bond donors (Lipinski definition) is 0. The van der Waals surface area contributed by atoms with Gasteiger partial charge in [0.2, 0.25) is 0 Å². The molecule has 0 radical (unpaired) electrons. The Kier molecular flexibility index (Phi) is 25.8. The standard InChI is InChI=1S/C69H88O8/c1-3-68(70)76-51-11-7-5-9-49-73-66-43-37-63(38-44-66)61-33-29-59(30-34-61)57-25-19-54(20-26-57)16-13-47-72-48-14-17-56-23-41-65(42-24-56)75-53-15-18-55-21-27-58(28-22-55)60-31-35-62(36-32-60)64-39-45-67(46-40-64)74-50-10-6-8-12-52-77-69(71)4-2/h3-4,23-24,29-46,54-55,57-58H,1-2,5-22,25-28,47-53H2. The lowest BCUT2D eigenvalue weighted by Gasteiger charge is -2.29. The molecule has 0 N–H and O–H groups in total. The summed E-state index contributed by atoms with van der Waals surface area (Å²) in [6.07, 6.45) is 27.4. The molecule has 2 aliphatic carbocycles. The Morgan fingerprint density at radius 1 is 0.377 bits per heavy atom. The smallest absolute Gasteiger partial charge is 0.330 e. The highest BCUT2D eigenvalue weighted by Crippen LogP contribution is 2.40. The topological polar surface area (TPSA) is 89.5 Å².